The SMILES string of the molecule is Cc1ccc(OC2CCN(C(=O)OC(C)(C)C)C2)c(C=O)c1. The molecule has 1 aliphatic heterocycles. The molecule has 0 bridgehead atoms. The first-order chi connectivity index (χ1) is 10.3. The summed E-state index contributed by atoms with van der Waals surface area (Å²) in [6.07, 6.45) is 1.08. The first-order valence-corrected chi connectivity index (χ1v) is 7.49. The van der Waals surface area contributed by atoms with E-state index in [4.69, 9.17) is 9.47 Å². The third-order valence-electron chi connectivity index (χ3n) is 3.38. The third-order valence-corrected chi connectivity index (χ3v) is 3.38. The molecule has 1 aromatic carbocycles. The van der Waals surface area contributed by atoms with Crippen molar-refractivity contribution in [1.29, 1.82) is 0 Å². The van der Waals surface area contributed by atoms with E-state index in [-0.39, 0.29) is 12.2 Å². The molecular weight excluding hydrogens is 282 g/mol. The highest BCUT2D eigenvalue weighted by Crippen LogP contribution is 2.23. The van der Waals surface area contributed by atoms with E-state index in [1.54, 1.807) is 17.0 Å². The van der Waals surface area contributed by atoms with Crippen LogP contribution < -0.4 is 4.74 Å². The molecule has 0 radical (unpaired) electrons. The van der Waals surface area contributed by atoms with Crippen LogP contribution in [0.1, 0.15) is 43.1 Å². The summed E-state index contributed by atoms with van der Waals surface area (Å²) < 4.78 is 11.2. The topological polar surface area (TPSA) is 55.8 Å². The van der Waals surface area contributed by atoms with Crippen molar-refractivity contribution in [3.63, 3.8) is 0 Å². The Bertz CT molecular complexity index is 562. The number of ether oxygens (including phenoxy) is 2. The molecule has 0 N–H and O–H groups in total. The summed E-state index contributed by atoms with van der Waals surface area (Å²) in [5.41, 5.74) is 1.05. The fraction of sp³-hybridized carbons (Fsp3) is 0.529. The van der Waals surface area contributed by atoms with Crippen LogP contribution in [-0.4, -0.2) is 42.1 Å². The summed E-state index contributed by atoms with van der Waals surface area (Å²) in [4.78, 5) is 24.8. The minimum atomic E-state index is -0.502. The molecule has 1 amide bonds. The lowest BCUT2D eigenvalue weighted by Gasteiger charge is -2.24. The summed E-state index contributed by atoms with van der Waals surface area (Å²) in [6, 6.07) is 5.50. The molecular formula is C17H23NO4. The maximum absolute atomic E-state index is 12.0. The third kappa shape index (κ3) is 4.23. The zero-order valence-corrected chi connectivity index (χ0v) is 13.6. The zero-order valence-electron chi connectivity index (χ0n) is 13.6. The molecule has 5 nitrogen and oxygen atoms in total. The highest BCUT2D eigenvalue weighted by atomic mass is 16.6. The van der Waals surface area contributed by atoms with Gasteiger partial charge in [-0.2, -0.15) is 0 Å². The van der Waals surface area contributed by atoms with Gasteiger partial charge in [0.15, 0.2) is 6.29 Å². The fourth-order valence-electron chi connectivity index (χ4n) is 2.36. The van der Waals surface area contributed by atoms with Crippen molar-refractivity contribution < 1.29 is 19.1 Å². The van der Waals surface area contributed by atoms with Crippen LogP contribution in [0.4, 0.5) is 4.79 Å². The molecule has 1 heterocycles. The molecule has 22 heavy (non-hydrogen) atoms. The van der Waals surface area contributed by atoms with Crippen LogP contribution in [0.25, 0.3) is 0 Å². The van der Waals surface area contributed by atoms with E-state index in [0.29, 0.717) is 24.4 Å². The second-order valence-electron chi connectivity index (χ2n) is 6.61. The summed E-state index contributed by atoms with van der Waals surface area (Å²) in [7, 11) is 0. The fourth-order valence-corrected chi connectivity index (χ4v) is 2.36. The van der Waals surface area contributed by atoms with Crippen molar-refractivity contribution in [2.45, 2.75) is 45.8 Å². The second-order valence-corrected chi connectivity index (χ2v) is 6.61. The quantitative estimate of drug-likeness (QED) is 0.805. The van der Waals surface area contributed by atoms with Gasteiger partial charge in [-0.1, -0.05) is 11.6 Å². The number of rotatable bonds is 3. The van der Waals surface area contributed by atoms with Gasteiger partial charge in [0, 0.05) is 13.0 Å². The van der Waals surface area contributed by atoms with Gasteiger partial charge in [-0.25, -0.2) is 4.79 Å². The van der Waals surface area contributed by atoms with Crippen LogP contribution >= 0.6 is 0 Å². The van der Waals surface area contributed by atoms with E-state index < -0.39 is 5.60 Å². The minimum Gasteiger partial charge on any atom is -0.488 e. The standard InChI is InChI=1S/C17H23NO4/c1-12-5-6-15(13(9-12)11-19)21-14-7-8-18(10-14)16(20)22-17(2,3)4/h5-6,9,11,14H,7-8,10H2,1-4H3. The number of carbonyl (C=O) groups excluding carboxylic acids is 2. The van der Waals surface area contributed by atoms with Crippen LogP contribution in [-0.2, 0) is 4.74 Å². The summed E-state index contributed by atoms with van der Waals surface area (Å²) in [5, 5.41) is 0. The van der Waals surface area contributed by atoms with Crippen LogP contribution in [0.3, 0.4) is 0 Å². The number of benzene rings is 1. The molecule has 5 heteroatoms. The van der Waals surface area contributed by atoms with Crippen molar-refractivity contribution in [3.8, 4) is 5.75 Å². The molecule has 1 atom stereocenters. The van der Waals surface area contributed by atoms with Crippen molar-refractivity contribution in [2.75, 3.05) is 13.1 Å². The Kier molecular flexibility index (Phi) is 4.74. The molecule has 1 fully saturated rings. The van der Waals surface area contributed by atoms with Crippen molar-refractivity contribution >= 4 is 12.4 Å². The lowest BCUT2D eigenvalue weighted by molar-refractivity contribution is 0.0275. The maximum Gasteiger partial charge on any atom is 0.410 e. The first kappa shape index (κ1) is 16.3. The predicted molar refractivity (Wildman–Crippen MR) is 83.4 cm³/mol. The molecule has 1 unspecified atom stereocenters. The van der Waals surface area contributed by atoms with Crippen LogP contribution in [0.2, 0.25) is 0 Å². The predicted octanol–water partition coefficient (Wildman–Crippen LogP) is 3.20. The van der Waals surface area contributed by atoms with Gasteiger partial charge in [0.25, 0.3) is 0 Å². The second kappa shape index (κ2) is 6.38. The number of aryl methyl sites for hydroxylation is 1. The summed E-state index contributed by atoms with van der Waals surface area (Å²) in [5.74, 6) is 0.566. The van der Waals surface area contributed by atoms with Gasteiger partial charge in [-0.05, 0) is 39.8 Å². The minimum absolute atomic E-state index is 0.117. The lowest BCUT2D eigenvalue weighted by atomic mass is 10.1. The maximum atomic E-state index is 12.0. The molecule has 0 saturated carbocycles. The Morgan fingerprint density at radius 2 is 2.09 bits per heavy atom. The average molecular weight is 305 g/mol. The van der Waals surface area contributed by atoms with Crippen molar-refractivity contribution in [3.05, 3.63) is 29.3 Å². The van der Waals surface area contributed by atoms with E-state index in [1.165, 1.54) is 0 Å². The number of carbonyl (C=O) groups is 2. The summed E-state index contributed by atoms with van der Waals surface area (Å²) in [6.45, 7) is 8.53. The highest BCUT2D eigenvalue weighted by Gasteiger charge is 2.31. The van der Waals surface area contributed by atoms with Gasteiger partial charge in [-0.3, -0.25) is 4.79 Å². The first-order valence-electron chi connectivity index (χ1n) is 7.49. The molecule has 2 rings (SSSR count). The van der Waals surface area contributed by atoms with Gasteiger partial charge in [-0.15, -0.1) is 0 Å². The van der Waals surface area contributed by atoms with E-state index >= 15 is 0 Å². The number of amides is 1. The van der Waals surface area contributed by atoms with Gasteiger partial charge in [0.1, 0.15) is 17.5 Å². The lowest BCUT2D eigenvalue weighted by Crippen LogP contribution is -2.36. The Morgan fingerprint density at radius 3 is 2.73 bits per heavy atom. The van der Waals surface area contributed by atoms with E-state index in [2.05, 4.69) is 0 Å². The highest BCUT2D eigenvalue weighted by molar-refractivity contribution is 5.79. The molecule has 0 aliphatic carbocycles. The van der Waals surface area contributed by atoms with Crippen molar-refractivity contribution in [1.82, 2.24) is 4.90 Å². The molecule has 0 spiro atoms. The number of nitrogens with zero attached hydrogens (tertiary/aromatic N) is 1. The van der Waals surface area contributed by atoms with Crippen LogP contribution in [0.5, 0.6) is 5.75 Å². The monoisotopic (exact) mass is 305 g/mol. The molecule has 0 aromatic heterocycles. The molecule has 120 valence electrons. The van der Waals surface area contributed by atoms with Crippen molar-refractivity contribution in [2.24, 2.45) is 0 Å². The molecule has 1 aliphatic rings. The number of hydrogen-bond donors (Lipinski definition) is 0. The van der Waals surface area contributed by atoms with Gasteiger partial charge in [0.2, 0.25) is 0 Å². The van der Waals surface area contributed by atoms with E-state index in [1.807, 2.05) is 33.8 Å². The molecule has 1 aromatic rings. The Labute approximate surface area is 131 Å². The van der Waals surface area contributed by atoms with Gasteiger partial charge >= 0.3 is 6.09 Å². The van der Waals surface area contributed by atoms with Crippen LogP contribution in [0.15, 0.2) is 18.2 Å². The Morgan fingerprint density at radius 1 is 1.36 bits per heavy atom. The van der Waals surface area contributed by atoms with E-state index in [0.717, 1.165) is 18.3 Å². The van der Waals surface area contributed by atoms with Crippen LogP contribution in [0, 0.1) is 6.92 Å². The Balaban J connectivity index is 1.97. The number of hydrogen-bond acceptors (Lipinski definition) is 4. The Hall–Kier alpha value is -2.04. The average Bonchev–Trinajstić information content (AvgIpc) is 2.87. The zero-order chi connectivity index (χ0) is 16.3. The van der Waals surface area contributed by atoms with E-state index in [9.17, 15) is 9.59 Å². The van der Waals surface area contributed by atoms with Gasteiger partial charge in [0.05, 0.1) is 12.1 Å². The number of likely N-dealkylation sites (tertiary alicyclic amines) is 1. The largest absolute Gasteiger partial charge is 0.488 e. The number of aldehydes is 1. The smallest absolute Gasteiger partial charge is 0.410 e. The summed E-state index contributed by atoms with van der Waals surface area (Å²) >= 11 is 0. The normalized spacial score (nSPS) is 18.2. The molecule has 1 saturated heterocycles. The van der Waals surface area contributed by atoms with Gasteiger partial charge < -0.3 is 14.4 Å².